The van der Waals surface area contributed by atoms with Crippen molar-refractivity contribution in [1.82, 2.24) is 5.32 Å². The van der Waals surface area contributed by atoms with Gasteiger partial charge in [0.1, 0.15) is 9.84 Å². The van der Waals surface area contributed by atoms with E-state index in [1.54, 1.807) is 0 Å². The Labute approximate surface area is 93.6 Å². The Balaban J connectivity index is 2.52. The minimum Gasteiger partial charge on any atom is -0.316 e. The Hall–Kier alpha value is -0.0900. The van der Waals surface area contributed by atoms with Crippen molar-refractivity contribution in [2.75, 3.05) is 19.1 Å². The maximum Gasteiger partial charge on any atom is 0.148 e. The summed E-state index contributed by atoms with van der Waals surface area (Å²) in [6.45, 7) is 2.28. The van der Waals surface area contributed by atoms with Crippen LogP contribution in [0, 0.1) is 11.8 Å². The molecule has 0 aliphatic heterocycles. The van der Waals surface area contributed by atoms with Crippen LogP contribution in [0.3, 0.4) is 0 Å². The Morgan fingerprint density at radius 1 is 1.27 bits per heavy atom. The summed E-state index contributed by atoms with van der Waals surface area (Å²) < 4.78 is 22.5. The summed E-state index contributed by atoms with van der Waals surface area (Å²) in [5.41, 5.74) is 0. The quantitative estimate of drug-likeness (QED) is 0.799. The van der Waals surface area contributed by atoms with Gasteiger partial charge in [0.2, 0.25) is 0 Å². The van der Waals surface area contributed by atoms with E-state index >= 15 is 0 Å². The van der Waals surface area contributed by atoms with Gasteiger partial charge in [-0.2, -0.15) is 0 Å². The van der Waals surface area contributed by atoms with Crippen LogP contribution in [0.5, 0.6) is 0 Å². The van der Waals surface area contributed by atoms with E-state index in [4.69, 9.17) is 0 Å². The highest BCUT2D eigenvalue weighted by molar-refractivity contribution is 7.90. The first kappa shape index (κ1) is 13.0. The fourth-order valence-corrected chi connectivity index (χ4v) is 3.56. The highest BCUT2D eigenvalue weighted by Crippen LogP contribution is 2.30. The van der Waals surface area contributed by atoms with Crippen molar-refractivity contribution < 1.29 is 8.42 Å². The molecule has 1 fully saturated rings. The maximum atomic E-state index is 11.3. The van der Waals surface area contributed by atoms with Crippen LogP contribution in [0.25, 0.3) is 0 Å². The number of rotatable bonds is 4. The van der Waals surface area contributed by atoms with E-state index in [1.165, 1.54) is 31.9 Å². The molecule has 1 unspecified atom stereocenters. The van der Waals surface area contributed by atoms with Gasteiger partial charge in [-0.1, -0.05) is 19.8 Å². The molecule has 3 nitrogen and oxygen atoms in total. The topological polar surface area (TPSA) is 46.2 Å². The molecule has 0 aromatic heterocycles. The SMILES string of the molecule is CNC(CS(C)(=O)=O)C1CCC(C)CC1. The molecule has 90 valence electrons. The molecule has 1 rings (SSSR count). The van der Waals surface area contributed by atoms with E-state index in [0.29, 0.717) is 5.92 Å². The lowest BCUT2D eigenvalue weighted by Gasteiger charge is -2.32. The fourth-order valence-electron chi connectivity index (χ4n) is 2.47. The first-order valence-corrected chi connectivity index (χ1v) is 7.83. The van der Waals surface area contributed by atoms with Crippen LogP contribution in [-0.2, 0) is 9.84 Å². The van der Waals surface area contributed by atoms with Gasteiger partial charge >= 0.3 is 0 Å². The zero-order chi connectivity index (χ0) is 11.5. The van der Waals surface area contributed by atoms with E-state index in [-0.39, 0.29) is 11.8 Å². The third kappa shape index (κ3) is 4.51. The molecule has 0 amide bonds. The number of nitrogens with one attached hydrogen (secondary N) is 1. The third-order valence-electron chi connectivity index (χ3n) is 3.48. The smallest absolute Gasteiger partial charge is 0.148 e. The standard InChI is InChI=1S/C11H23NO2S/c1-9-4-6-10(7-5-9)11(12-2)8-15(3,13)14/h9-12H,4-8H2,1-3H3. The molecule has 1 aliphatic carbocycles. The largest absolute Gasteiger partial charge is 0.316 e. The lowest BCUT2D eigenvalue weighted by Crippen LogP contribution is -2.40. The van der Waals surface area contributed by atoms with Gasteiger partial charge in [0.05, 0.1) is 5.75 Å². The highest BCUT2D eigenvalue weighted by atomic mass is 32.2. The van der Waals surface area contributed by atoms with Crippen LogP contribution in [0.4, 0.5) is 0 Å². The fraction of sp³-hybridized carbons (Fsp3) is 1.00. The van der Waals surface area contributed by atoms with Gasteiger partial charge in [0.25, 0.3) is 0 Å². The summed E-state index contributed by atoms with van der Waals surface area (Å²) >= 11 is 0. The summed E-state index contributed by atoms with van der Waals surface area (Å²) in [6.07, 6.45) is 6.15. The van der Waals surface area contributed by atoms with Crippen molar-refractivity contribution >= 4 is 9.84 Å². The van der Waals surface area contributed by atoms with Gasteiger partial charge in [0, 0.05) is 12.3 Å². The second kappa shape index (κ2) is 5.30. The minimum atomic E-state index is -2.86. The molecule has 1 aliphatic rings. The summed E-state index contributed by atoms with van der Waals surface area (Å²) in [4.78, 5) is 0. The first-order valence-electron chi connectivity index (χ1n) is 5.77. The molecule has 0 radical (unpaired) electrons. The lowest BCUT2D eigenvalue weighted by atomic mass is 9.80. The molecule has 0 bridgehead atoms. The van der Waals surface area contributed by atoms with Gasteiger partial charge < -0.3 is 5.32 Å². The molecule has 0 aromatic rings. The zero-order valence-electron chi connectivity index (χ0n) is 9.99. The van der Waals surface area contributed by atoms with Crippen LogP contribution in [0.1, 0.15) is 32.6 Å². The van der Waals surface area contributed by atoms with Crippen LogP contribution < -0.4 is 5.32 Å². The first-order chi connectivity index (χ1) is 6.92. The molecule has 15 heavy (non-hydrogen) atoms. The molecule has 4 heteroatoms. The Morgan fingerprint density at radius 3 is 2.20 bits per heavy atom. The van der Waals surface area contributed by atoms with E-state index in [1.807, 2.05) is 7.05 Å². The Morgan fingerprint density at radius 2 is 1.80 bits per heavy atom. The lowest BCUT2D eigenvalue weighted by molar-refractivity contribution is 0.246. The van der Waals surface area contributed by atoms with Gasteiger partial charge in [-0.3, -0.25) is 0 Å². The van der Waals surface area contributed by atoms with E-state index < -0.39 is 9.84 Å². The van der Waals surface area contributed by atoms with Crippen LogP contribution in [0.15, 0.2) is 0 Å². The van der Waals surface area contributed by atoms with Crippen LogP contribution in [-0.4, -0.2) is 33.5 Å². The van der Waals surface area contributed by atoms with Crippen molar-refractivity contribution in [3.05, 3.63) is 0 Å². The van der Waals surface area contributed by atoms with Crippen molar-refractivity contribution in [3.63, 3.8) is 0 Å². The predicted molar refractivity (Wildman–Crippen MR) is 63.7 cm³/mol. The van der Waals surface area contributed by atoms with Crippen molar-refractivity contribution in [2.45, 2.75) is 38.6 Å². The summed E-state index contributed by atoms with van der Waals surface area (Å²) in [5.74, 6) is 1.64. The van der Waals surface area contributed by atoms with Crippen molar-refractivity contribution in [1.29, 1.82) is 0 Å². The number of hydrogen-bond acceptors (Lipinski definition) is 3. The molecule has 0 spiro atoms. The Bertz CT molecular complexity index is 279. The summed E-state index contributed by atoms with van der Waals surface area (Å²) in [6, 6.07) is 0.146. The molecular formula is C11H23NO2S. The van der Waals surface area contributed by atoms with Crippen molar-refractivity contribution in [2.24, 2.45) is 11.8 Å². The second-order valence-corrected chi connectivity index (χ2v) is 7.19. The third-order valence-corrected chi connectivity index (χ3v) is 4.45. The van der Waals surface area contributed by atoms with E-state index in [2.05, 4.69) is 12.2 Å². The average Bonchev–Trinajstić information content (AvgIpc) is 2.14. The molecule has 1 saturated carbocycles. The van der Waals surface area contributed by atoms with Crippen LogP contribution >= 0.6 is 0 Å². The minimum absolute atomic E-state index is 0.146. The highest BCUT2D eigenvalue weighted by Gasteiger charge is 2.27. The monoisotopic (exact) mass is 233 g/mol. The molecule has 1 N–H and O–H groups in total. The van der Waals surface area contributed by atoms with E-state index in [9.17, 15) is 8.42 Å². The van der Waals surface area contributed by atoms with E-state index in [0.717, 1.165) is 5.92 Å². The average molecular weight is 233 g/mol. The molecule has 0 saturated heterocycles. The van der Waals surface area contributed by atoms with Crippen molar-refractivity contribution in [3.8, 4) is 0 Å². The van der Waals surface area contributed by atoms with Gasteiger partial charge in [-0.25, -0.2) is 8.42 Å². The zero-order valence-corrected chi connectivity index (χ0v) is 10.8. The maximum absolute atomic E-state index is 11.3. The molecule has 0 aromatic carbocycles. The molecule has 1 atom stereocenters. The normalized spacial score (nSPS) is 30.1. The van der Waals surface area contributed by atoms with Gasteiger partial charge in [-0.05, 0) is 31.7 Å². The molecular weight excluding hydrogens is 210 g/mol. The number of hydrogen-bond donors (Lipinski definition) is 1. The Kier molecular flexibility index (Phi) is 4.59. The van der Waals surface area contributed by atoms with Gasteiger partial charge in [0.15, 0.2) is 0 Å². The summed E-state index contributed by atoms with van der Waals surface area (Å²) in [7, 11) is -0.992. The number of sulfone groups is 1. The second-order valence-electron chi connectivity index (χ2n) is 5.01. The summed E-state index contributed by atoms with van der Waals surface area (Å²) in [5, 5.41) is 3.16. The van der Waals surface area contributed by atoms with Gasteiger partial charge in [-0.15, -0.1) is 0 Å². The predicted octanol–water partition coefficient (Wildman–Crippen LogP) is 1.45. The van der Waals surface area contributed by atoms with Crippen LogP contribution in [0.2, 0.25) is 0 Å². The molecule has 0 heterocycles.